The Bertz CT molecular complexity index is 460. The number of benzene rings is 1. The summed E-state index contributed by atoms with van der Waals surface area (Å²) in [5.41, 5.74) is 1.52. The zero-order valence-corrected chi connectivity index (χ0v) is 11.9. The van der Waals surface area contributed by atoms with E-state index in [0.29, 0.717) is 0 Å². The lowest BCUT2D eigenvalue weighted by Gasteiger charge is -2.08. The molecule has 0 saturated carbocycles. The standard InChI is InChI=1S/C11H11IS2/c1-3-7-10(13-2)6-9(12)8-4-5-14-11(7)8/h4-6H,3H2,1-2H3. The quantitative estimate of drug-likeness (QED) is 0.562. The number of fused-ring (bicyclic) bond motifs is 1. The Morgan fingerprint density at radius 2 is 2.29 bits per heavy atom. The summed E-state index contributed by atoms with van der Waals surface area (Å²) < 4.78 is 2.85. The van der Waals surface area contributed by atoms with Crippen molar-refractivity contribution in [1.29, 1.82) is 0 Å². The number of thiophene rings is 1. The van der Waals surface area contributed by atoms with E-state index < -0.39 is 0 Å². The van der Waals surface area contributed by atoms with E-state index >= 15 is 0 Å². The molecule has 1 heterocycles. The third-order valence-electron chi connectivity index (χ3n) is 2.33. The maximum atomic E-state index is 2.43. The van der Waals surface area contributed by atoms with Crippen molar-refractivity contribution in [3.8, 4) is 0 Å². The highest BCUT2D eigenvalue weighted by Gasteiger charge is 2.09. The van der Waals surface area contributed by atoms with Crippen molar-refractivity contribution >= 4 is 55.8 Å². The second-order valence-electron chi connectivity index (χ2n) is 3.06. The first-order valence-electron chi connectivity index (χ1n) is 4.50. The lowest BCUT2D eigenvalue weighted by molar-refractivity contribution is 1.11. The molecule has 0 nitrogen and oxygen atoms in total. The summed E-state index contributed by atoms with van der Waals surface area (Å²) >= 11 is 6.15. The zero-order valence-electron chi connectivity index (χ0n) is 8.13. The first-order valence-corrected chi connectivity index (χ1v) is 7.68. The lowest BCUT2D eigenvalue weighted by Crippen LogP contribution is -1.87. The summed E-state index contributed by atoms with van der Waals surface area (Å²) in [4.78, 5) is 1.44. The molecule has 3 heteroatoms. The van der Waals surface area contributed by atoms with Gasteiger partial charge in [-0.05, 0) is 58.3 Å². The van der Waals surface area contributed by atoms with Crippen LogP contribution in [0.1, 0.15) is 12.5 Å². The average Bonchev–Trinajstić information content (AvgIpc) is 2.66. The summed E-state index contributed by atoms with van der Waals surface area (Å²) in [6, 6.07) is 4.53. The molecule has 0 atom stereocenters. The molecule has 0 amide bonds. The number of halogens is 1. The van der Waals surface area contributed by atoms with E-state index in [4.69, 9.17) is 0 Å². The Hall–Kier alpha value is 0.260. The molecule has 0 spiro atoms. The Kier molecular flexibility index (Phi) is 3.39. The fourth-order valence-electron chi connectivity index (χ4n) is 1.64. The summed E-state index contributed by atoms with van der Waals surface area (Å²) in [7, 11) is 0. The van der Waals surface area contributed by atoms with Crippen LogP contribution in [0.2, 0.25) is 0 Å². The molecule has 74 valence electrons. The Morgan fingerprint density at radius 3 is 2.93 bits per heavy atom. The molecule has 0 bridgehead atoms. The van der Waals surface area contributed by atoms with Gasteiger partial charge < -0.3 is 0 Å². The van der Waals surface area contributed by atoms with Gasteiger partial charge in [0.2, 0.25) is 0 Å². The van der Waals surface area contributed by atoms with Crippen LogP contribution in [0, 0.1) is 3.57 Å². The molecular weight excluding hydrogens is 323 g/mol. The predicted molar refractivity (Wildman–Crippen MR) is 75.7 cm³/mol. The van der Waals surface area contributed by atoms with Crippen molar-refractivity contribution in [3.63, 3.8) is 0 Å². The van der Waals surface area contributed by atoms with Crippen LogP contribution in [0.15, 0.2) is 22.4 Å². The highest BCUT2D eigenvalue weighted by Crippen LogP contribution is 2.35. The van der Waals surface area contributed by atoms with Gasteiger partial charge in [-0.2, -0.15) is 0 Å². The third-order valence-corrected chi connectivity index (χ3v) is 5.00. The normalized spacial score (nSPS) is 11.1. The molecular formula is C11H11IS2. The van der Waals surface area contributed by atoms with E-state index in [2.05, 4.69) is 53.3 Å². The molecule has 0 N–H and O–H groups in total. The predicted octanol–water partition coefficient (Wildman–Crippen LogP) is 4.79. The number of hydrogen-bond donors (Lipinski definition) is 0. The van der Waals surface area contributed by atoms with Crippen molar-refractivity contribution in [1.82, 2.24) is 0 Å². The zero-order chi connectivity index (χ0) is 10.1. The fourth-order valence-corrected chi connectivity index (χ4v) is 4.63. The van der Waals surface area contributed by atoms with Gasteiger partial charge in [-0.15, -0.1) is 23.1 Å². The van der Waals surface area contributed by atoms with E-state index in [1.165, 1.54) is 24.1 Å². The van der Waals surface area contributed by atoms with E-state index in [-0.39, 0.29) is 0 Å². The number of hydrogen-bond acceptors (Lipinski definition) is 2. The minimum Gasteiger partial charge on any atom is -0.143 e. The van der Waals surface area contributed by atoms with Crippen molar-refractivity contribution in [2.45, 2.75) is 18.2 Å². The van der Waals surface area contributed by atoms with Crippen LogP contribution in [-0.2, 0) is 6.42 Å². The Balaban J connectivity index is 2.82. The van der Waals surface area contributed by atoms with Crippen molar-refractivity contribution in [2.75, 3.05) is 6.26 Å². The highest BCUT2D eigenvalue weighted by molar-refractivity contribution is 14.1. The lowest BCUT2D eigenvalue weighted by atomic mass is 10.1. The fraction of sp³-hybridized carbons (Fsp3) is 0.273. The van der Waals surface area contributed by atoms with Gasteiger partial charge in [0, 0.05) is 18.6 Å². The van der Waals surface area contributed by atoms with Crippen molar-refractivity contribution in [3.05, 3.63) is 26.6 Å². The van der Waals surface area contributed by atoms with E-state index in [0.717, 1.165) is 6.42 Å². The number of rotatable bonds is 2. The summed E-state index contributed by atoms with van der Waals surface area (Å²) in [5.74, 6) is 0. The Labute approximate surface area is 106 Å². The first kappa shape index (κ1) is 10.8. The molecule has 0 radical (unpaired) electrons. The minimum absolute atomic E-state index is 1.13. The van der Waals surface area contributed by atoms with Gasteiger partial charge in [0.1, 0.15) is 0 Å². The van der Waals surface area contributed by atoms with Crippen LogP contribution >= 0.6 is 45.7 Å². The average molecular weight is 334 g/mol. The highest BCUT2D eigenvalue weighted by atomic mass is 127. The monoisotopic (exact) mass is 334 g/mol. The van der Waals surface area contributed by atoms with Crippen molar-refractivity contribution in [2.24, 2.45) is 0 Å². The van der Waals surface area contributed by atoms with E-state index in [9.17, 15) is 0 Å². The van der Waals surface area contributed by atoms with Crippen LogP contribution in [-0.4, -0.2) is 6.26 Å². The molecule has 0 fully saturated rings. The second-order valence-corrected chi connectivity index (χ2v) is 5.98. The number of thioether (sulfide) groups is 1. The molecule has 2 rings (SSSR count). The Morgan fingerprint density at radius 1 is 1.50 bits per heavy atom. The van der Waals surface area contributed by atoms with Gasteiger partial charge in [0.05, 0.1) is 0 Å². The summed E-state index contributed by atoms with van der Waals surface area (Å²) in [6.45, 7) is 2.24. The molecule has 0 aliphatic heterocycles. The summed E-state index contributed by atoms with van der Waals surface area (Å²) in [5, 5.41) is 3.61. The molecule has 1 aromatic heterocycles. The van der Waals surface area contributed by atoms with Crippen LogP contribution < -0.4 is 0 Å². The molecule has 0 saturated heterocycles. The molecule has 1 aromatic carbocycles. The van der Waals surface area contributed by atoms with Gasteiger partial charge in [-0.25, -0.2) is 0 Å². The second kappa shape index (κ2) is 4.41. The van der Waals surface area contributed by atoms with Gasteiger partial charge in [-0.3, -0.25) is 0 Å². The molecule has 14 heavy (non-hydrogen) atoms. The molecule has 0 aliphatic carbocycles. The summed E-state index contributed by atoms with van der Waals surface area (Å²) in [6.07, 6.45) is 3.29. The van der Waals surface area contributed by atoms with Crippen LogP contribution in [0.3, 0.4) is 0 Å². The van der Waals surface area contributed by atoms with Crippen molar-refractivity contribution < 1.29 is 0 Å². The van der Waals surface area contributed by atoms with Crippen LogP contribution in [0.25, 0.3) is 10.1 Å². The van der Waals surface area contributed by atoms with Gasteiger partial charge in [0.25, 0.3) is 0 Å². The maximum absolute atomic E-state index is 2.43. The third kappa shape index (κ3) is 1.70. The van der Waals surface area contributed by atoms with Crippen LogP contribution in [0.4, 0.5) is 0 Å². The smallest absolute Gasteiger partial charge is 0.0396 e. The van der Waals surface area contributed by atoms with Gasteiger partial charge in [-0.1, -0.05) is 6.92 Å². The molecule has 0 aliphatic rings. The van der Waals surface area contributed by atoms with E-state index in [1.807, 2.05) is 23.1 Å². The number of aryl methyl sites for hydroxylation is 1. The molecule has 2 aromatic rings. The first-order chi connectivity index (χ1) is 6.77. The van der Waals surface area contributed by atoms with E-state index in [1.54, 1.807) is 0 Å². The van der Waals surface area contributed by atoms with Gasteiger partial charge >= 0.3 is 0 Å². The van der Waals surface area contributed by atoms with Crippen LogP contribution in [0.5, 0.6) is 0 Å². The largest absolute Gasteiger partial charge is 0.143 e. The minimum atomic E-state index is 1.13. The SMILES string of the molecule is CCc1c(SC)cc(I)c2ccsc12. The maximum Gasteiger partial charge on any atom is 0.0396 e. The van der Waals surface area contributed by atoms with Gasteiger partial charge in [0.15, 0.2) is 0 Å². The topological polar surface area (TPSA) is 0 Å². The molecule has 0 unspecified atom stereocenters.